The van der Waals surface area contributed by atoms with Crippen LogP contribution in [0.2, 0.25) is 8.67 Å². The summed E-state index contributed by atoms with van der Waals surface area (Å²) in [4.78, 5) is 26.7. The van der Waals surface area contributed by atoms with E-state index in [2.05, 4.69) is 0 Å². The zero-order valence-electron chi connectivity index (χ0n) is 32.1. The molecule has 2 aromatic heterocycles. The number of ether oxygens (including phenoxy) is 1. The molecular formula is C38H29Cl2F10N3O8S4. The van der Waals surface area contributed by atoms with Crippen LogP contribution in [0.15, 0.2) is 99.4 Å². The van der Waals surface area contributed by atoms with E-state index in [0.717, 1.165) is 12.1 Å². The summed E-state index contributed by atoms with van der Waals surface area (Å²) >= 11 is 12.5. The maximum atomic E-state index is 14.5. The second kappa shape index (κ2) is 20.7. The van der Waals surface area contributed by atoms with Crippen LogP contribution in [0.5, 0.6) is 0 Å². The van der Waals surface area contributed by atoms with Crippen LogP contribution in [0.25, 0.3) is 0 Å². The molecule has 0 spiro atoms. The zero-order chi connectivity index (χ0) is 48.2. The van der Waals surface area contributed by atoms with Crippen molar-refractivity contribution in [3.63, 3.8) is 0 Å². The van der Waals surface area contributed by atoms with Crippen molar-refractivity contribution in [1.82, 2.24) is 14.3 Å². The van der Waals surface area contributed by atoms with Gasteiger partial charge >= 0.3 is 18.4 Å². The normalized spacial score (nSPS) is 16.6. The minimum absolute atomic E-state index is 0.0103. The number of imide groups is 1. The molecule has 0 aliphatic carbocycles. The minimum Gasteiger partial charge on any atom is -0.447 e. The van der Waals surface area contributed by atoms with E-state index < -0.39 is 120 Å². The molecule has 1 aliphatic rings. The average molecular weight is 1040 g/mol. The smallest absolute Gasteiger partial charge is 0.417 e. The maximum absolute atomic E-state index is 14.5. The molecule has 2 amide bonds. The van der Waals surface area contributed by atoms with Crippen LogP contribution in [-0.2, 0) is 36.0 Å². The van der Waals surface area contributed by atoms with E-state index in [-0.39, 0.29) is 25.9 Å². The largest absolute Gasteiger partial charge is 0.447 e. The highest BCUT2D eigenvalue weighted by atomic mass is 35.5. The molecular weight excluding hydrogens is 1020 g/mol. The number of benzene rings is 3. The molecule has 5 aromatic rings. The van der Waals surface area contributed by atoms with Gasteiger partial charge in [0.15, 0.2) is 0 Å². The Bertz CT molecular complexity index is 2690. The van der Waals surface area contributed by atoms with Crippen molar-refractivity contribution in [2.75, 3.05) is 13.2 Å². The van der Waals surface area contributed by atoms with Crippen LogP contribution < -0.4 is 9.44 Å². The molecule has 1 fully saturated rings. The molecule has 3 aromatic carbocycles. The van der Waals surface area contributed by atoms with Crippen molar-refractivity contribution in [1.29, 1.82) is 0 Å². The topological polar surface area (TPSA) is 159 Å². The molecule has 6 rings (SSSR count). The molecule has 1 saturated heterocycles. The third-order valence-corrected chi connectivity index (χ3v) is 15.5. The van der Waals surface area contributed by atoms with Crippen molar-refractivity contribution in [3.05, 3.63) is 140 Å². The fourth-order valence-electron chi connectivity index (χ4n) is 6.48. The van der Waals surface area contributed by atoms with Gasteiger partial charge in [-0.15, -0.1) is 22.7 Å². The van der Waals surface area contributed by atoms with Gasteiger partial charge in [0.1, 0.15) is 50.3 Å². The average Bonchev–Trinajstić information content (AvgIpc) is 3.93. The number of carbonyl (C=O) groups excluding carboxylic acids is 2. The van der Waals surface area contributed by atoms with Crippen molar-refractivity contribution in [2.45, 2.75) is 57.2 Å². The Kier molecular flexibility index (Phi) is 16.4. The fraction of sp³-hybridized carbons (Fsp3) is 0.263. The summed E-state index contributed by atoms with van der Waals surface area (Å²) in [6.07, 6.45) is -11.8. The SMILES string of the molecule is O=C1OC[C@H](Cc2ccccc2)N1C(=O)[C@@H](NS(=O)(=O)c1ccc(Cl)s1)[C@@H](c1cc(F)cc(F)c1)C(F)(F)F.O=S(=O)(N[C@H](CO)[C@@H](c1cc(F)cc(F)c1)C(F)(F)F)c1ccc(Cl)s1. The number of rotatable bonds is 14. The highest BCUT2D eigenvalue weighted by molar-refractivity contribution is 7.92. The first-order valence-corrected chi connectivity index (χ1v) is 23.3. The number of halogens is 12. The van der Waals surface area contributed by atoms with Crippen LogP contribution in [-0.4, -0.2) is 82.5 Å². The first kappa shape index (κ1) is 51.6. The standard InChI is InChI=1S/C24H18ClF5N2O5S2.C14H11ClF5NO3S2/c25-18-6-7-19(38-18)39(35,36)31-21(20(24(28,29)30)14-9-15(26)11-16(27)10-14)22(33)32-17(12-37-23(32)34)8-13-4-2-1-3-5-13;15-11-1-2-12(25-11)26(23,24)21-10(6-22)13(14(18,19)20)7-3-8(16)5-9(17)4-7/h1-7,9-11,17,20-21,31H,8,12H2;1-5,10,13,21-22H,6H2/t17-,20+,21-;10-,13-/m01/s1. The van der Waals surface area contributed by atoms with Crippen molar-refractivity contribution < 1.29 is 80.2 Å². The first-order valence-electron chi connectivity index (χ1n) is 18.0. The van der Waals surface area contributed by atoms with Gasteiger partial charge in [-0.05, 0) is 71.6 Å². The number of hydrogen-bond acceptors (Lipinski definition) is 10. The number of nitrogens with one attached hydrogen (secondary N) is 2. The van der Waals surface area contributed by atoms with E-state index in [1.165, 1.54) is 12.1 Å². The van der Waals surface area contributed by atoms with E-state index in [1.807, 2.05) is 0 Å². The Labute approximate surface area is 380 Å². The van der Waals surface area contributed by atoms with Gasteiger partial charge < -0.3 is 9.84 Å². The third-order valence-electron chi connectivity index (χ3n) is 9.12. The van der Waals surface area contributed by atoms with E-state index >= 15 is 0 Å². The Morgan fingerprint density at radius 2 is 1.17 bits per heavy atom. The van der Waals surface area contributed by atoms with Crippen LogP contribution in [0, 0.1) is 23.3 Å². The Morgan fingerprint density at radius 3 is 1.58 bits per heavy atom. The molecule has 11 nitrogen and oxygen atoms in total. The van der Waals surface area contributed by atoms with E-state index in [1.54, 1.807) is 39.8 Å². The number of alkyl halides is 6. The highest BCUT2D eigenvalue weighted by Gasteiger charge is 2.54. The second-order valence-electron chi connectivity index (χ2n) is 13.7. The number of amides is 2. The minimum atomic E-state index is -5.41. The van der Waals surface area contributed by atoms with Crippen LogP contribution in [0.3, 0.4) is 0 Å². The molecule has 3 N–H and O–H groups in total. The molecule has 352 valence electrons. The molecule has 0 saturated carbocycles. The lowest BCUT2D eigenvalue weighted by Gasteiger charge is -2.32. The van der Waals surface area contributed by atoms with Gasteiger partial charge in [-0.2, -0.15) is 31.1 Å². The number of aliphatic hydroxyl groups is 1. The quantitative estimate of drug-likeness (QED) is 0.0931. The summed E-state index contributed by atoms with van der Waals surface area (Å²) in [5.74, 6) is -12.7. The lowest BCUT2D eigenvalue weighted by atomic mass is 9.89. The molecule has 5 atom stereocenters. The molecule has 0 radical (unpaired) electrons. The van der Waals surface area contributed by atoms with Crippen LogP contribution in [0.4, 0.5) is 48.7 Å². The monoisotopic (exact) mass is 1040 g/mol. The summed E-state index contributed by atoms with van der Waals surface area (Å²) in [6.45, 7) is -1.63. The van der Waals surface area contributed by atoms with Crippen LogP contribution >= 0.6 is 45.9 Å². The molecule has 65 heavy (non-hydrogen) atoms. The third kappa shape index (κ3) is 13.2. The summed E-state index contributed by atoms with van der Waals surface area (Å²) in [5, 5.41) is 9.34. The Morgan fingerprint density at radius 1 is 0.723 bits per heavy atom. The van der Waals surface area contributed by atoms with Crippen LogP contribution in [0.1, 0.15) is 28.5 Å². The van der Waals surface area contributed by atoms with Gasteiger partial charge in [0.05, 0.1) is 33.3 Å². The number of cyclic esters (lactones) is 1. The zero-order valence-corrected chi connectivity index (χ0v) is 36.9. The van der Waals surface area contributed by atoms with Gasteiger partial charge in [0, 0.05) is 12.1 Å². The fourth-order valence-corrected chi connectivity index (χ4v) is 11.9. The number of nitrogens with zero attached hydrogens (tertiary/aromatic N) is 1. The van der Waals surface area contributed by atoms with Crippen molar-refractivity contribution in [3.8, 4) is 0 Å². The molecule has 3 heterocycles. The summed E-state index contributed by atoms with van der Waals surface area (Å²) in [7, 11) is -9.29. The Balaban J connectivity index is 0.000000265. The van der Waals surface area contributed by atoms with E-state index in [9.17, 15) is 75.4 Å². The van der Waals surface area contributed by atoms with Crippen molar-refractivity contribution in [2.24, 2.45) is 0 Å². The maximum Gasteiger partial charge on any atom is 0.417 e. The van der Waals surface area contributed by atoms with Gasteiger partial charge in [-0.3, -0.25) is 4.79 Å². The summed E-state index contributed by atoms with van der Waals surface area (Å²) in [6, 6.07) is 9.12. The second-order valence-corrected chi connectivity index (χ2v) is 21.0. The first-order chi connectivity index (χ1) is 30.2. The predicted octanol–water partition coefficient (Wildman–Crippen LogP) is 8.93. The van der Waals surface area contributed by atoms with E-state index in [4.69, 9.17) is 27.9 Å². The van der Waals surface area contributed by atoms with Gasteiger partial charge in [-0.25, -0.2) is 48.8 Å². The lowest BCUT2D eigenvalue weighted by Crippen LogP contribution is -2.56. The molecule has 0 unspecified atom stereocenters. The number of carbonyl (C=O) groups is 2. The lowest BCUT2D eigenvalue weighted by molar-refractivity contribution is -0.164. The van der Waals surface area contributed by atoms with Gasteiger partial charge in [0.25, 0.3) is 15.9 Å². The van der Waals surface area contributed by atoms with Gasteiger partial charge in [-0.1, -0.05) is 53.5 Å². The number of thiophene rings is 2. The molecule has 27 heteroatoms. The Hall–Kier alpha value is -4.34. The van der Waals surface area contributed by atoms with E-state index in [0.29, 0.717) is 69.5 Å². The van der Waals surface area contributed by atoms with Gasteiger partial charge in [0.2, 0.25) is 10.0 Å². The highest BCUT2D eigenvalue weighted by Crippen LogP contribution is 2.41. The summed E-state index contributed by atoms with van der Waals surface area (Å²) < 4.78 is 197. The van der Waals surface area contributed by atoms with Crippen molar-refractivity contribution >= 4 is 77.9 Å². The molecule has 1 aliphatic heterocycles. The number of sulfonamides is 2. The number of hydrogen-bond donors (Lipinski definition) is 3. The molecule has 0 bridgehead atoms. The number of aliphatic hydroxyl groups excluding tert-OH is 1. The summed E-state index contributed by atoms with van der Waals surface area (Å²) in [5.41, 5.74) is -1.32. The predicted molar refractivity (Wildman–Crippen MR) is 216 cm³/mol.